The summed E-state index contributed by atoms with van der Waals surface area (Å²) in [7, 11) is 0. The Morgan fingerprint density at radius 3 is 2.30 bits per heavy atom. The zero-order chi connectivity index (χ0) is 31.0. The summed E-state index contributed by atoms with van der Waals surface area (Å²) in [5.41, 5.74) is 0.781. The molecule has 4 aromatic rings. The number of thiazole rings is 1. The second-order valence-corrected chi connectivity index (χ2v) is 10.6. The molecule has 0 saturated heterocycles. The molecule has 0 aliphatic heterocycles. The largest absolute Gasteiger partial charge is 0.493 e. The lowest BCUT2D eigenvalue weighted by Gasteiger charge is -2.20. The Kier molecular flexibility index (Phi) is 10.3. The van der Waals surface area contributed by atoms with Crippen LogP contribution in [-0.2, 0) is 24.1 Å². The van der Waals surface area contributed by atoms with E-state index in [0.29, 0.717) is 30.4 Å². The molecule has 0 saturated carbocycles. The van der Waals surface area contributed by atoms with Gasteiger partial charge in [-0.2, -0.15) is 13.2 Å². The predicted octanol–water partition coefficient (Wildman–Crippen LogP) is 7.05. The molecule has 0 spiro atoms. The number of aryl methyl sites for hydroxylation is 1. The number of ether oxygens (including phenoxy) is 1. The van der Waals surface area contributed by atoms with Crippen molar-refractivity contribution in [1.29, 1.82) is 0 Å². The van der Waals surface area contributed by atoms with Crippen molar-refractivity contribution in [3.63, 3.8) is 0 Å². The third-order valence-electron chi connectivity index (χ3n) is 6.43. The number of carboxylic acids is 1. The number of carbonyl (C=O) groups excluding carboxylic acids is 1. The summed E-state index contributed by atoms with van der Waals surface area (Å²) in [6, 6.07) is 18.3. The Hall–Kier alpha value is -4.51. The van der Waals surface area contributed by atoms with Crippen LogP contribution in [0.25, 0.3) is 10.6 Å². The maximum Gasteiger partial charge on any atom is 0.431 e. The van der Waals surface area contributed by atoms with E-state index in [1.165, 1.54) is 36.4 Å². The second kappa shape index (κ2) is 14.1. The van der Waals surface area contributed by atoms with Gasteiger partial charge in [-0.25, -0.2) is 14.2 Å². The third kappa shape index (κ3) is 8.74. The quantitative estimate of drug-likeness (QED) is 0.0956. The van der Waals surface area contributed by atoms with Crippen LogP contribution >= 0.6 is 11.3 Å². The number of rotatable bonds is 13. The van der Waals surface area contributed by atoms with Gasteiger partial charge in [-0.1, -0.05) is 49.4 Å². The van der Waals surface area contributed by atoms with E-state index >= 15 is 0 Å². The molecular formula is C32H28F4N2O4S. The van der Waals surface area contributed by atoms with Crippen molar-refractivity contribution in [2.45, 2.75) is 38.4 Å². The second-order valence-electron chi connectivity index (χ2n) is 9.52. The number of aromatic nitrogens is 1. The first-order chi connectivity index (χ1) is 20.5. The van der Waals surface area contributed by atoms with Crippen LogP contribution < -0.4 is 10.1 Å². The van der Waals surface area contributed by atoms with Crippen LogP contribution in [-0.4, -0.2) is 40.7 Å². The van der Waals surface area contributed by atoms with E-state index in [1.54, 1.807) is 53.8 Å². The molecule has 0 aliphatic carbocycles. The number of carboxylic acid groups (broad SMARTS) is 1. The standard InChI is InChI=1S/C32H28F4N2O4S/c1-2-28-25(38-30(43-28)22-10-12-23(33)13-11-22)16-17-42-24-14-8-20(9-15-24)18-26(31(40)41)37-29(32(34,35)36)19-27(39)21-6-4-3-5-7-21/h3-15,19,26,37H,2,16-18H2,1H3,(H,40,41)/t26-/m0/s1. The highest BCUT2D eigenvalue weighted by atomic mass is 32.1. The molecule has 0 radical (unpaired) electrons. The molecule has 1 aromatic heterocycles. The van der Waals surface area contributed by atoms with E-state index in [9.17, 15) is 32.3 Å². The molecule has 43 heavy (non-hydrogen) atoms. The predicted molar refractivity (Wildman–Crippen MR) is 156 cm³/mol. The summed E-state index contributed by atoms with van der Waals surface area (Å²) in [6.07, 6.45) is -3.55. The van der Waals surface area contributed by atoms with Gasteiger partial charge in [-0.3, -0.25) is 4.79 Å². The molecule has 0 aliphatic rings. The zero-order valence-corrected chi connectivity index (χ0v) is 23.8. The smallest absolute Gasteiger partial charge is 0.431 e. The van der Waals surface area contributed by atoms with Gasteiger partial charge >= 0.3 is 12.1 Å². The normalized spacial score (nSPS) is 12.5. The number of allylic oxidation sites excluding steroid dienone is 2. The highest BCUT2D eigenvalue weighted by Crippen LogP contribution is 2.29. The number of hydrogen-bond donors (Lipinski definition) is 2. The fraction of sp³-hybridized carbons (Fsp3) is 0.219. The van der Waals surface area contributed by atoms with Crippen molar-refractivity contribution in [2.24, 2.45) is 0 Å². The molecule has 11 heteroatoms. The Balaban J connectivity index is 1.37. The number of hydrogen-bond acceptors (Lipinski definition) is 6. The van der Waals surface area contributed by atoms with Gasteiger partial charge in [0, 0.05) is 34.9 Å². The number of aliphatic carboxylic acids is 1. The topological polar surface area (TPSA) is 88.5 Å². The highest BCUT2D eigenvalue weighted by Gasteiger charge is 2.37. The first kappa shape index (κ1) is 31.4. The third-order valence-corrected chi connectivity index (χ3v) is 7.72. The maximum atomic E-state index is 13.7. The van der Waals surface area contributed by atoms with Gasteiger partial charge in [-0.05, 0) is 48.4 Å². The van der Waals surface area contributed by atoms with Gasteiger partial charge in [0.05, 0.1) is 12.3 Å². The summed E-state index contributed by atoms with van der Waals surface area (Å²) in [4.78, 5) is 30.0. The van der Waals surface area contributed by atoms with E-state index in [-0.39, 0.29) is 17.8 Å². The lowest BCUT2D eigenvalue weighted by Crippen LogP contribution is -2.42. The summed E-state index contributed by atoms with van der Waals surface area (Å²) in [5.74, 6) is -2.22. The molecule has 224 valence electrons. The molecule has 4 rings (SSSR count). The van der Waals surface area contributed by atoms with Crippen molar-refractivity contribution >= 4 is 23.1 Å². The Bertz CT molecular complexity index is 1570. The van der Waals surface area contributed by atoms with E-state index in [1.807, 2.05) is 12.2 Å². The Morgan fingerprint density at radius 1 is 1.02 bits per heavy atom. The van der Waals surface area contributed by atoms with Gasteiger partial charge in [0.25, 0.3) is 0 Å². The van der Waals surface area contributed by atoms with Crippen LogP contribution in [0.1, 0.15) is 33.4 Å². The molecule has 2 N–H and O–H groups in total. The summed E-state index contributed by atoms with van der Waals surface area (Å²) < 4.78 is 60.2. The van der Waals surface area contributed by atoms with Crippen LogP contribution in [0.4, 0.5) is 17.6 Å². The van der Waals surface area contributed by atoms with E-state index < -0.39 is 29.7 Å². The number of ketones is 1. The molecule has 1 atom stereocenters. The highest BCUT2D eigenvalue weighted by molar-refractivity contribution is 7.15. The number of nitrogens with zero attached hydrogens (tertiary/aromatic N) is 1. The van der Waals surface area contributed by atoms with Crippen molar-refractivity contribution in [3.8, 4) is 16.3 Å². The molecular weight excluding hydrogens is 584 g/mol. The lowest BCUT2D eigenvalue weighted by atomic mass is 10.0. The lowest BCUT2D eigenvalue weighted by molar-refractivity contribution is -0.140. The van der Waals surface area contributed by atoms with Crippen LogP contribution in [0.3, 0.4) is 0 Å². The minimum atomic E-state index is -4.97. The average Bonchev–Trinajstić information content (AvgIpc) is 3.40. The van der Waals surface area contributed by atoms with Crippen LogP contribution in [0.5, 0.6) is 5.75 Å². The molecule has 0 amide bonds. The molecule has 0 fully saturated rings. The maximum absolute atomic E-state index is 13.7. The Labute approximate surface area is 249 Å². The minimum Gasteiger partial charge on any atom is -0.493 e. The SMILES string of the molecule is CCc1sc(-c2ccc(F)cc2)nc1CCOc1ccc(C[C@H](NC(=CC(=O)c2ccccc2)C(F)(F)F)C(=O)O)cc1. The molecule has 3 aromatic carbocycles. The number of nitrogens with one attached hydrogen (secondary N) is 1. The van der Waals surface area contributed by atoms with Gasteiger partial charge in [0.2, 0.25) is 0 Å². The van der Waals surface area contributed by atoms with Crippen molar-refractivity contribution < 1.29 is 37.0 Å². The number of benzene rings is 3. The number of alkyl halides is 3. The van der Waals surface area contributed by atoms with Crippen LogP contribution in [0.15, 0.2) is 90.6 Å². The van der Waals surface area contributed by atoms with Crippen molar-refractivity contribution in [3.05, 3.63) is 118 Å². The number of carbonyl (C=O) groups is 2. The molecule has 0 bridgehead atoms. The van der Waals surface area contributed by atoms with Gasteiger partial charge in [0.1, 0.15) is 28.3 Å². The Morgan fingerprint density at radius 2 is 1.70 bits per heavy atom. The average molecular weight is 613 g/mol. The zero-order valence-electron chi connectivity index (χ0n) is 23.0. The van der Waals surface area contributed by atoms with E-state index in [4.69, 9.17) is 9.72 Å². The van der Waals surface area contributed by atoms with Crippen molar-refractivity contribution in [2.75, 3.05) is 6.61 Å². The monoisotopic (exact) mass is 612 g/mol. The van der Waals surface area contributed by atoms with Crippen LogP contribution in [0.2, 0.25) is 0 Å². The summed E-state index contributed by atoms with van der Waals surface area (Å²) >= 11 is 1.55. The van der Waals surface area contributed by atoms with Gasteiger partial charge in [0.15, 0.2) is 5.78 Å². The first-order valence-corrected chi connectivity index (χ1v) is 14.2. The van der Waals surface area contributed by atoms with E-state index in [2.05, 4.69) is 0 Å². The van der Waals surface area contributed by atoms with Crippen molar-refractivity contribution in [1.82, 2.24) is 10.3 Å². The van der Waals surface area contributed by atoms with E-state index in [0.717, 1.165) is 27.6 Å². The fourth-order valence-corrected chi connectivity index (χ4v) is 5.26. The minimum absolute atomic E-state index is 0.0440. The summed E-state index contributed by atoms with van der Waals surface area (Å²) in [6.45, 7) is 2.34. The first-order valence-electron chi connectivity index (χ1n) is 13.4. The molecule has 6 nitrogen and oxygen atoms in total. The fourth-order valence-electron chi connectivity index (χ4n) is 4.20. The molecule has 0 unspecified atom stereocenters. The summed E-state index contributed by atoms with van der Waals surface area (Å²) in [5, 5.41) is 12.4. The van der Waals surface area contributed by atoms with Crippen LogP contribution in [0, 0.1) is 5.82 Å². The molecule has 1 heterocycles. The van der Waals surface area contributed by atoms with Gasteiger partial charge < -0.3 is 15.2 Å². The van der Waals surface area contributed by atoms with Gasteiger partial charge in [-0.15, -0.1) is 11.3 Å². The number of halogens is 4.